The number of nitrogen functional groups attached to an aromatic ring is 1. The highest BCUT2D eigenvalue weighted by atomic mass is 31.2. The standard InChI is InChI=1S/C32H29NO2P2/c33-27-23-21-26(22-24-27)32(37(35,30-17-9-3-10-18-30)31-19-11-4-12-20-31)25-36(34,28-13-5-1-6-14-28)29-15-7-2-8-16-29/h1-24,32H,25,33H2. The highest BCUT2D eigenvalue weighted by Gasteiger charge is 2.43. The maximum atomic E-state index is 15.6. The van der Waals surface area contributed by atoms with Crippen molar-refractivity contribution in [1.29, 1.82) is 0 Å². The summed E-state index contributed by atoms with van der Waals surface area (Å²) in [7, 11) is -6.52. The van der Waals surface area contributed by atoms with Crippen LogP contribution in [-0.2, 0) is 9.13 Å². The Balaban J connectivity index is 1.78. The monoisotopic (exact) mass is 521 g/mol. The highest BCUT2D eigenvalue weighted by Crippen LogP contribution is 2.63. The zero-order chi connectivity index (χ0) is 25.7. The Hall–Kier alpha value is -3.64. The molecule has 0 aliphatic heterocycles. The van der Waals surface area contributed by atoms with Crippen molar-refractivity contribution in [3.8, 4) is 0 Å². The van der Waals surface area contributed by atoms with E-state index in [-0.39, 0.29) is 6.16 Å². The van der Waals surface area contributed by atoms with Crippen molar-refractivity contribution < 1.29 is 9.13 Å². The number of anilines is 1. The molecule has 1 atom stereocenters. The summed E-state index contributed by atoms with van der Waals surface area (Å²) >= 11 is 0. The van der Waals surface area contributed by atoms with Gasteiger partial charge in [0.05, 0.1) is 5.66 Å². The summed E-state index contributed by atoms with van der Waals surface area (Å²) in [6.45, 7) is 0. The molecule has 0 aromatic heterocycles. The third-order valence-corrected chi connectivity index (χ3v) is 13.7. The normalized spacial score (nSPS) is 12.6. The first-order valence-corrected chi connectivity index (χ1v) is 16.0. The molecule has 2 N–H and O–H groups in total. The molecule has 0 spiro atoms. The fourth-order valence-corrected chi connectivity index (χ4v) is 12.1. The minimum atomic E-state index is -3.32. The molecule has 0 aliphatic carbocycles. The van der Waals surface area contributed by atoms with Gasteiger partial charge < -0.3 is 14.9 Å². The van der Waals surface area contributed by atoms with Gasteiger partial charge in [-0.25, -0.2) is 0 Å². The van der Waals surface area contributed by atoms with E-state index in [0.717, 1.165) is 26.8 Å². The number of hydrogen-bond acceptors (Lipinski definition) is 3. The van der Waals surface area contributed by atoms with E-state index in [9.17, 15) is 0 Å². The molecule has 184 valence electrons. The minimum absolute atomic E-state index is 0.214. The van der Waals surface area contributed by atoms with Gasteiger partial charge in [-0.05, 0) is 17.7 Å². The zero-order valence-corrected chi connectivity index (χ0v) is 22.2. The summed E-state index contributed by atoms with van der Waals surface area (Å²) in [5.41, 5.74) is 7.00. The van der Waals surface area contributed by atoms with Crippen molar-refractivity contribution >= 4 is 41.2 Å². The van der Waals surface area contributed by atoms with Crippen molar-refractivity contribution in [2.24, 2.45) is 0 Å². The molecule has 0 saturated carbocycles. The molecule has 1 unspecified atom stereocenters. The van der Waals surface area contributed by atoms with E-state index in [1.807, 2.05) is 146 Å². The first-order valence-electron chi connectivity index (χ1n) is 12.3. The summed E-state index contributed by atoms with van der Waals surface area (Å²) in [6.07, 6.45) is 0.214. The lowest BCUT2D eigenvalue weighted by Crippen LogP contribution is -2.27. The van der Waals surface area contributed by atoms with Gasteiger partial charge in [0.1, 0.15) is 7.14 Å². The third-order valence-electron chi connectivity index (χ3n) is 6.82. The van der Waals surface area contributed by atoms with Crippen molar-refractivity contribution in [3.05, 3.63) is 151 Å². The molecular formula is C32H29NO2P2. The van der Waals surface area contributed by atoms with Crippen LogP contribution in [0.3, 0.4) is 0 Å². The van der Waals surface area contributed by atoms with Gasteiger partial charge >= 0.3 is 0 Å². The zero-order valence-electron chi connectivity index (χ0n) is 20.4. The van der Waals surface area contributed by atoms with Crippen molar-refractivity contribution in [3.63, 3.8) is 0 Å². The molecule has 0 fully saturated rings. The summed E-state index contributed by atoms with van der Waals surface area (Å²) < 4.78 is 30.8. The second-order valence-electron chi connectivity index (χ2n) is 9.10. The average molecular weight is 522 g/mol. The van der Waals surface area contributed by atoms with Crippen LogP contribution in [0.15, 0.2) is 146 Å². The first kappa shape index (κ1) is 25.0. The first-order chi connectivity index (χ1) is 18.0. The molecular weight excluding hydrogens is 492 g/mol. The number of rotatable bonds is 8. The average Bonchev–Trinajstić information content (AvgIpc) is 2.98. The summed E-state index contributed by atoms with van der Waals surface area (Å²) in [6, 6.07) is 45.9. The van der Waals surface area contributed by atoms with Crippen LogP contribution in [0.25, 0.3) is 0 Å². The Labute approximate surface area is 218 Å². The van der Waals surface area contributed by atoms with Gasteiger partial charge in [-0.2, -0.15) is 0 Å². The van der Waals surface area contributed by atoms with Crippen molar-refractivity contribution in [1.82, 2.24) is 0 Å². The third kappa shape index (κ3) is 4.98. The fraction of sp³-hybridized carbons (Fsp3) is 0.0625. The Morgan fingerprint density at radius 3 is 1.22 bits per heavy atom. The van der Waals surface area contributed by atoms with E-state index in [1.54, 1.807) is 0 Å². The summed E-state index contributed by atoms with van der Waals surface area (Å²) in [5.74, 6) is 0. The van der Waals surface area contributed by atoms with Gasteiger partial charge in [0.25, 0.3) is 0 Å². The van der Waals surface area contributed by atoms with Crippen LogP contribution < -0.4 is 27.0 Å². The molecule has 5 aromatic rings. The molecule has 37 heavy (non-hydrogen) atoms. The molecule has 0 saturated heterocycles. The fourth-order valence-electron chi connectivity index (χ4n) is 4.90. The number of nitrogens with two attached hydrogens (primary N) is 1. The quantitative estimate of drug-likeness (QED) is 0.192. The van der Waals surface area contributed by atoms with Gasteiger partial charge in [-0.15, -0.1) is 0 Å². The van der Waals surface area contributed by atoms with Gasteiger partial charge in [0, 0.05) is 33.1 Å². The van der Waals surface area contributed by atoms with Crippen molar-refractivity contribution in [2.75, 3.05) is 11.9 Å². The van der Waals surface area contributed by atoms with Crippen LogP contribution in [-0.4, -0.2) is 6.16 Å². The Morgan fingerprint density at radius 1 is 0.486 bits per heavy atom. The molecule has 0 radical (unpaired) electrons. The second kappa shape index (κ2) is 10.8. The van der Waals surface area contributed by atoms with Crippen LogP contribution >= 0.6 is 14.3 Å². The number of hydrogen-bond donors (Lipinski definition) is 1. The molecule has 0 heterocycles. The maximum absolute atomic E-state index is 15.6. The minimum Gasteiger partial charge on any atom is -0.399 e. The van der Waals surface area contributed by atoms with Gasteiger partial charge in [0.15, 0.2) is 7.14 Å². The lowest BCUT2D eigenvalue weighted by Gasteiger charge is -2.32. The van der Waals surface area contributed by atoms with Crippen LogP contribution in [0, 0.1) is 0 Å². The molecule has 5 rings (SSSR count). The summed E-state index contributed by atoms with van der Waals surface area (Å²) in [4.78, 5) is 0. The van der Waals surface area contributed by atoms with Crippen molar-refractivity contribution in [2.45, 2.75) is 5.66 Å². The molecule has 5 aromatic carbocycles. The van der Waals surface area contributed by atoms with E-state index in [1.165, 1.54) is 0 Å². The van der Waals surface area contributed by atoms with E-state index < -0.39 is 19.9 Å². The Kier molecular flexibility index (Phi) is 7.28. The number of benzene rings is 5. The SMILES string of the molecule is Nc1ccc(C(CP(=O)(c2ccccc2)c2ccccc2)P(=O)(c2ccccc2)c2ccccc2)cc1. The van der Waals surface area contributed by atoms with E-state index in [0.29, 0.717) is 5.69 Å². The van der Waals surface area contributed by atoms with E-state index >= 15 is 9.13 Å². The predicted octanol–water partition coefficient (Wildman–Crippen LogP) is 6.34. The molecule has 0 aliphatic rings. The highest BCUT2D eigenvalue weighted by molar-refractivity contribution is 7.82. The predicted molar refractivity (Wildman–Crippen MR) is 158 cm³/mol. The molecule has 5 heteroatoms. The topological polar surface area (TPSA) is 60.2 Å². The largest absolute Gasteiger partial charge is 0.399 e. The van der Waals surface area contributed by atoms with Crippen LogP contribution in [0.1, 0.15) is 11.2 Å². The summed E-state index contributed by atoms with van der Waals surface area (Å²) in [5, 5.41) is 3.01. The Bertz CT molecular complexity index is 1450. The van der Waals surface area contributed by atoms with Crippen LogP contribution in [0.4, 0.5) is 5.69 Å². The molecule has 0 amide bonds. The van der Waals surface area contributed by atoms with Crippen LogP contribution in [0.5, 0.6) is 0 Å². The van der Waals surface area contributed by atoms with E-state index in [4.69, 9.17) is 5.73 Å². The molecule has 0 bridgehead atoms. The lowest BCUT2D eigenvalue weighted by atomic mass is 10.1. The van der Waals surface area contributed by atoms with Gasteiger partial charge in [-0.3, -0.25) is 0 Å². The van der Waals surface area contributed by atoms with Gasteiger partial charge in [0.2, 0.25) is 0 Å². The molecule has 3 nitrogen and oxygen atoms in total. The van der Waals surface area contributed by atoms with E-state index in [2.05, 4.69) is 0 Å². The maximum Gasteiger partial charge on any atom is 0.150 e. The van der Waals surface area contributed by atoms with Gasteiger partial charge in [-0.1, -0.05) is 133 Å². The van der Waals surface area contributed by atoms with Crippen LogP contribution in [0.2, 0.25) is 0 Å². The smallest absolute Gasteiger partial charge is 0.150 e. The Morgan fingerprint density at radius 2 is 0.838 bits per heavy atom. The lowest BCUT2D eigenvalue weighted by molar-refractivity contribution is 0.574. The second-order valence-corrected chi connectivity index (χ2v) is 15.0.